The molecule has 8 nitrogen and oxygen atoms in total. The Morgan fingerprint density at radius 1 is 0.882 bits per heavy atom. The average molecular weight is 521 g/mol. The highest BCUT2D eigenvalue weighted by atomic mass is 32.3. The van der Waals surface area contributed by atoms with Gasteiger partial charge >= 0.3 is 0 Å². The van der Waals surface area contributed by atoms with Crippen molar-refractivity contribution >= 4 is 20.8 Å². The topological polar surface area (TPSA) is 133 Å². The van der Waals surface area contributed by atoms with Crippen LogP contribution in [0.25, 0.3) is 0 Å². The Bertz CT molecular complexity index is 950. The van der Waals surface area contributed by atoms with Crippen LogP contribution in [0.4, 0.5) is 0 Å². The van der Waals surface area contributed by atoms with E-state index in [1.165, 1.54) is 32.1 Å². The fraction of sp³-hybridized carbons (Fsp3) is 1.00. The average Bonchev–Trinajstić information content (AvgIpc) is 3.07. The van der Waals surface area contributed by atoms with E-state index in [1.807, 2.05) is 0 Å². The first kappa shape index (κ1) is 26.8. The van der Waals surface area contributed by atoms with Gasteiger partial charge in [-0.1, -0.05) is 20.8 Å². The molecule has 0 aromatic carbocycles. The second kappa shape index (κ2) is 9.56. The standard InChI is InChI=1S/C24H42O8S2/c1-16(5-4-14-31-33(25,26)27)20-8-9-21-19-7-6-17-15-18(32-34(28,29)30)10-12-23(17,2)22(19)11-13-24(20,21)3/h16-22H,4-15H2,1-3H3,(H,25,26,27)(H,28,29,30)/p-2/t16-,17-,18-,19+,20-,21+,22+,23+,24-/m1/s1. The molecule has 4 aliphatic carbocycles. The number of rotatable bonds is 8. The van der Waals surface area contributed by atoms with Gasteiger partial charge in [0.25, 0.3) is 0 Å². The zero-order chi connectivity index (χ0) is 24.9. The Morgan fingerprint density at radius 3 is 2.24 bits per heavy atom. The van der Waals surface area contributed by atoms with E-state index in [0.717, 1.165) is 19.3 Å². The Hall–Kier alpha value is -0.260. The van der Waals surface area contributed by atoms with Gasteiger partial charge in [0.1, 0.15) is 0 Å². The SMILES string of the molecule is C[C@H](CCCOS(=O)(=O)[O-])[C@H]1CC[C@H]2[C@@H]3CC[C@@H]4C[C@H](OS(=O)(=O)[O-])CC[C@]4(C)[C@H]3CC[C@]12C. The van der Waals surface area contributed by atoms with Crippen LogP contribution >= 0.6 is 0 Å². The van der Waals surface area contributed by atoms with Gasteiger partial charge in [0.05, 0.1) is 12.7 Å². The molecule has 4 rings (SSSR count). The van der Waals surface area contributed by atoms with Gasteiger partial charge in [-0.3, -0.25) is 8.37 Å². The molecule has 0 bridgehead atoms. The maximum atomic E-state index is 11.1. The summed E-state index contributed by atoms with van der Waals surface area (Å²) in [7, 11) is -9.27. The van der Waals surface area contributed by atoms with E-state index < -0.39 is 26.9 Å². The van der Waals surface area contributed by atoms with Gasteiger partial charge in [-0.2, -0.15) is 0 Å². The molecular formula is C24H40O8S2-2. The Balaban J connectivity index is 1.40. The second-order valence-electron chi connectivity index (χ2n) is 12.1. The van der Waals surface area contributed by atoms with Gasteiger partial charge in [0.15, 0.2) is 0 Å². The van der Waals surface area contributed by atoms with Gasteiger partial charge in [-0.05, 0) is 117 Å². The van der Waals surface area contributed by atoms with Crippen molar-refractivity contribution in [3.63, 3.8) is 0 Å². The van der Waals surface area contributed by atoms with Crippen LogP contribution in [0.1, 0.15) is 91.4 Å². The van der Waals surface area contributed by atoms with Crippen molar-refractivity contribution in [1.29, 1.82) is 0 Å². The summed E-state index contributed by atoms with van der Waals surface area (Å²) in [5.41, 5.74) is 0.466. The number of hydrogen-bond donors (Lipinski definition) is 0. The van der Waals surface area contributed by atoms with Crippen LogP contribution in [0, 0.1) is 46.3 Å². The predicted molar refractivity (Wildman–Crippen MR) is 124 cm³/mol. The third-order valence-electron chi connectivity index (χ3n) is 10.7. The highest BCUT2D eigenvalue weighted by molar-refractivity contribution is 7.81. The lowest BCUT2D eigenvalue weighted by molar-refractivity contribution is -0.127. The summed E-state index contributed by atoms with van der Waals surface area (Å²) in [5, 5.41) is 0. The van der Waals surface area contributed by atoms with Crippen LogP contribution < -0.4 is 0 Å². The molecule has 0 amide bonds. The lowest BCUT2D eigenvalue weighted by Gasteiger charge is -2.61. The van der Waals surface area contributed by atoms with E-state index in [9.17, 15) is 25.9 Å². The summed E-state index contributed by atoms with van der Waals surface area (Å²) in [6.07, 6.45) is 10.3. The van der Waals surface area contributed by atoms with Gasteiger partial charge in [-0.15, -0.1) is 0 Å². The van der Waals surface area contributed by atoms with Crippen LogP contribution in [-0.4, -0.2) is 38.7 Å². The van der Waals surface area contributed by atoms with Crippen molar-refractivity contribution in [2.45, 2.75) is 97.5 Å². The maximum Gasteiger partial charge on any atom is 0.217 e. The molecule has 0 spiro atoms. The number of hydrogen-bond acceptors (Lipinski definition) is 8. The Morgan fingerprint density at radius 2 is 1.56 bits per heavy atom. The van der Waals surface area contributed by atoms with Crippen LogP contribution in [0.2, 0.25) is 0 Å². The van der Waals surface area contributed by atoms with Crippen molar-refractivity contribution in [1.82, 2.24) is 0 Å². The summed E-state index contributed by atoms with van der Waals surface area (Å²) in [4.78, 5) is 0. The smallest absolute Gasteiger partial charge is 0.217 e. The van der Waals surface area contributed by atoms with Crippen molar-refractivity contribution < 1.29 is 34.3 Å². The minimum absolute atomic E-state index is 0.0359. The fourth-order valence-electron chi connectivity index (χ4n) is 9.22. The van der Waals surface area contributed by atoms with Crippen LogP contribution in [-0.2, 0) is 29.2 Å². The molecule has 0 aromatic heterocycles. The molecule has 9 atom stereocenters. The van der Waals surface area contributed by atoms with Crippen molar-refractivity contribution in [2.24, 2.45) is 46.3 Å². The largest absolute Gasteiger partial charge is 0.726 e. The molecule has 4 saturated carbocycles. The van der Waals surface area contributed by atoms with Crippen LogP contribution in [0.15, 0.2) is 0 Å². The summed E-state index contributed by atoms with van der Waals surface area (Å²) in [6, 6.07) is 0. The van der Waals surface area contributed by atoms with Gasteiger partial charge in [0, 0.05) is 0 Å². The summed E-state index contributed by atoms with van der Waals surface area (Å²) in [6.45, 7) is 7.10. The quantitative estimate of drug-likeness (QED) is 0.261. The molecule has 0 aromatic rings. The van der Waals surface area contributed by atoms with Crippen molar-refractivity contribution in [2.75, 3.05) is 6.61 Å². The molecule has 0 aliphatic heterocycles. The third kappa shape index (κ3) is 5.37. The summed E-state index contributed by atoms with van der Waals surface area (Å²) in [5.74, 6) is 3.47. The molecule has 4 fully saturated rings. The molecule has 34 heavy (non-hydrogen) atoms. The molecule has 4 aliphatic rings. The fourth-order valence-corrected chi connectivity index (χ4v) is 10.0. The van der Waals surface area contributed by atoms with E-state index in [2.05, 4.69) is 25.0 Å². The van der Waals surface area contributed by atoms with Gasteiger partial charge in [0.2, 0.25) is 20.8 Å². The van der Waals surface area contributed by atoms with Gasteiger partial charge in [-0.25, -0.2) is 16.8 Å². The van der Waals surface area contributed by atoms with E-state index in [1.54, 1.807) is 0 Å². The van der Waals surface area contributed by atoms with Crippen molar-refractivity contribution in [3.05, 3.63) is 0 Å². The lowest BCUT2D eigenvalue weighted by Crippen LogP contribution is -2.54. The molecule has 0 radical (unpaired) electrons. The van der Waals surface area contributed by atoms with E-state index in [4.69, 9.17) is 4.18 Å². The van der Waals surface area contributed by atoms with E-state index in [-0.39, 0.29) is 17.4 Å². The minimum Gasteiger partial charge on any atom is -0.726 e. The van der Waals surface area contributed by atoms with Gasteiger partial charge < -0.3 is 9.11 Å². The molecule has 0 saturated heterocycles. The zero-order valence-electron chi connectivity index (χ0n) is 20.6. The molecule has 0 N–H and O–H groups in total. The van der Waals surface area contributed by atoms with E-state index >= 15 is 0 Å². The first-order chi connectivity index (χ1) is 15.7. The highest BCUT2D eigenvalue weighted by Gasteiger charge is 2.60. The van der Waals surface area contributed by atoms with Crippen molar-refractivity contribution in [3.8, 4) is 0 Å². The minimum atomic E-state index is -4.66. The molecule has 198 valence electrons. The monoisotopic (exact) mass is 520 g/mol. The molecular weight excluding hydrogens is 480 g/mol. The lowest BCUT2D eigenvalue weighted by atomic mass is 9.44. The van der Waals surface area contributed by atoms with Crippen LogP contribution in [0.5, 0.6) is 0 Å². The molecule has 0 unspecified atom stereocenters. The summed E-state index contributed by atoms with van der Waals surface area (Å²) < 4.78 is 74.6. The normalized spacial score (nSPS) is 43.6. The first-order valence-electron chi connectivity index (χ1n) is 13.0. The first-order valence-corrected chi connectivity index (χ1v) is 15.6. The van der Waals surface area contributed by atoms with E-state index in [0.29, 0.717) is 54.8 Å². The molecule has 10 heteroatoms. The predicted octanol–water partition coefficient (Wildman–Crippen LogP) is 4.38. The third-order valence-corrected chi connectivity index (χ3v) is 11.6. The maximum absolute atomic E-state index is 11.1. The zero-order valence-corrected chi connectivity index (χ0v) is 22.2. The highest BCUT2D eigenvalue weighted by Crippen LogP contribution is 2.68. The Labute approximate surface area is 205 Å². The molecule has 0 heterocycles. The Kier molecular flexibility index (Phi) is 7.53. The number of fused-ring (bicyclic) bond motifs is 5. The van der Waals surface area contributed by atoms with Crippen LogP contribution in [0.3, 0.4) is 0 Å². The second-order valence-corrected chi connectivity index (χ2v) is 14.2. The summed E-state index contributed by atoms with van der Waals surface area (Å²) >= 11 is 0.